The van der Waals surface area contributed by atoms with E-state index < -0.39 is 0 Å². The Bertz CT molecular complexity index is 764. The Morgan fingerprint density at radius 3 is 2.95 bits per heavy atom. The summed E-state index contributed by atoms with van der Waals surface area (Å²) in [6.45, 7) is 4.17. The van der Waals surface area contributed by atoms with Crippen LogP contribution in [0.15, 0.2) is 35.6 Å². The van der Waals surface area contributed by atoms with Crippen molar-refractivity contribution in [2.45, 2.75) is 18.7 Å². The van der Waals surface area contributed by atoms with Crippen LogP contribution in [-0.2, 0) is 7.05 Å². The fourth-order valence-corrected chi connectivity index (χ4v) is 3.01. The molecule has 0 aromatic carbocycles. The second kappa shape index (κ2) is 5.25. The molecule has 3 heterocycles. The lowest BCUT2D eigenvalue weighted by atomic mass is 10.2. The van der Waals surface area contributed by atoms with Gasteiger partial charge in [0.25, 0.3) is 0 Å². The van der Waals surface area contributed by atoms with Crippen molar-refractivity contribution < 1.29 is 0 Å². The molecule has 0 aliphatic rings. The molecular formula is C15H16N4S. The van der Waals surface area contributed by atoms with Gasteiger partial charge in [-0.3, -0.25) is 4.98 Å². The Labute approximate surface area is 122 Å². The summed E-state index contributed by atoms with van der Waals surface area (Å²) in [7, 11) is 2.01. The van der Waals surface area contributed by atoms with Crippen LogP contribution in [0.5, 0.6) is 0 Å². The number of hydrogen-bond acceptors (Lipinski definition) is 4. The summed E-state index contributed by atoms with van der Waals surface area (Å²) in [5.41, 5.74) is 4.09. The average molecular weight is 284 g/mol. The fourth-order valence-electron chi connectivity index (χ4n) is 2.25. The highest BCUT2D eigenvalue weighted by molar-refractivity contribution is 7.99. The van der Waals surface area contributed by atoms with Gasteiger partial charge in [-0.05, 0) is 30.4 Å². The number of aromatic nitrogens is 4. The van der Waals surface area contributed by atoms with E-state index in [4.69, 9.17) is 4.98 Å². The summed E-state index contributed by atoms with van der Waals surface area (Å²) in [5.74, 6) is 1.96. The van der Waals surface area contributed by atoms with Crippen LogP contribution in [0.25, 0.3) is 22.6 Å². The van der Waals surface area contributed by atoms with Gasteiger partial charge in [-0.25, -0.2) is 9.97 Å². The topological polar surface area (TPSA) is 43.6 Å². The molecule has 0 fully saturated rings. The van der Waals surface area contributed by atoms with E-state index in [1.165, 1.54) is 0 Å². The summed E-state index contributed by atoms with van der Waals surface area (Å²) >= 11 is 1.78. The van der Waals surface area contributed by atoms with Crippen LogP contribution >= 0.6 is 11.8 Å². The van der Waals surface area contributed by atoms with E-state index >= 15 is 0 Å². The number of aryl methyl sites for hydroxylation is 2. The molecule has 0 atom stereocenters. The van der Waals surface area contributed by atoms with Gasteiger partial charge in [0.2, 0.25) is 0 Å². The van der Waals surface area contributed by atoms with Gasteiger partial charge in [0.15, 0.2) is 5.65 Å². The first-order valence-corrected chi connectivity index (χ1v) is 7.55. The lowest BCUT2D eigenvalue weighted by molar-refractivity contribution is 0.936. The second-order valence-electron chi connectivity index (χ2n) is 4.65. The van der Waals surface area contributed by atoms with Crippen molar-refractivity contribution in [3.8, 4) is 11.4 Å². The Kier molecular flexibility index (Phi) is 3.44. The predicted molar refractivity (Wildman–Crippen MR) is 82.9 cm³/mol. The van der Waals surface area contributed by atoms with Crippen LogP contribution in [0.1, 0.15) is 12.5 Å². The molecule has 3 rings (SSSR count). The highest BCUT2D eigenvalue weighted by atomic mass is 32.2. The van der Waals surface area contributed by atoms with Gasteiger partial charge in [0.1, 0.15) is 11.3 Å². The molecule has 3 aromatic rings. The number of pyridine rings is 2. The van der Waals surface area contributed by atoms with E-state index in [2.05, 4.69) is 23.0 Å². The maximum atomic E-state index is 4.75. The molecule has 4 nitrogen and oxygen atoms in total. The zero-order chi connectivity index (χ0) is 14.1. The number of hydrogen-bond donors (Lipinski definition) is 0. The first-order valence-electron chi connectivity index (χ1n) is 6.57. The smallest absolute Gasteiger partial charge is 0.160 e. The third kappa shape index (κ3) is 2.18. The van der Waals surface area contributed by atoms with Crippen LogP contribution in [0, 0.1) is 6.92 Å². The molecule has 0 bridgehead atoms. The minimum absolute atomic E-state index is 0.912. The third-order valence-electron chi connectivity index (χ3n) is 3.17. The minimum atomic E-state index is 0.912. The standard InChI is InChI=1S/C15H16N4S/c1-4-20-13-9-16-6-5-11(13)14-18-12-7-10(2)8-17-15(12)19(14)3/h5-9H,4H2,1-3H3. The monoisotopic (exact) mass is 284 g/mol. The maximum Gasteiger partial charge on any atom is 0.160 e. The lowest BCUT2D eigenvalue weighted by Crippen LogP contribution is -1.95. The number of imidazole rings is 1. The van der Waals surface area contributed by atoms with Gasteiger partial charge in [-0.1, -0.05) is 6.92 Å². The molecular weight excluding hydrogens is 268 g/mol. The summed E-state index contributed by atoms with van der Waals surface area (Å²) in [5, 5.41) is 0. The van der Waals surface area contributed by atoms with E-state index in [9.17, 15) is 0 Å². The first-order chi connectivity index (χ1) is 9.70. The van der Waals surface area contributed by atoms with Crippen molar-refractivity contribution in [1.82, 2.24) is 19.5 Å². The van der Waals surface area contributed by atoms with Crippen LogP contribution in [-0.4, -0.2) is 25.3 Å². The molecule has 102 valence electrons. The van der Waals surface area contributed by atoms with Crippen molar-refractivity contribution in [3.63, 3.8) is 0 Å². The van der Waals surface area contributed by atoms with Crippen molar-refractivity contribution in [2.24, 2.45) is 7.05 Å². The molecule has 0 saturated carbocycles. The van der Waals surface area contributed by atoms with Crippen LogP contribution < -0.4 is 0 Å². The van der Waals surface area contributed by atoms with Crippen LogP contribution in [0.3, 0.4) is 0 Å². The Morgan fingerprint density at radius 2 is 2.15 bits per heavy atom. The Hall–Kier alpha value is -1.88. The summed E-state index contributed by atoms with van der Waals surface area (Å²) in [6.07, 6.45) is 5.59. The fraction of sp³-hybridized carbons (Fsp3) is 0.267. The maximum absolute atomic E-state index is 4.75. The number of fused-ring (bicyclic) bond motifs is 1. The van der Waals surface area contributed by atoms with Gasteiger partial charge in [0.05, 0.1) is 0 Å². The zero-order valence-corrected chi connectivity index (χ0v) is 12.6. The molecule has 0 saturated heterocycles. The number of thioether (sulfide) groups is 1. The summed E-state index contributed by atoms with van der Waals surface area (Å²) in [6, 6.07) is 4.09. The van der Waals surface area contributed by atoms with E-state index in [1.807, 2.05) is 43.2 Å². The second-order valence-corrected chi connectivity index (χ2v) is 5.96. The first kappa shape index (κ1) is 13.1. The van der Waals surface area contributed by atoms with Gasteiger partial charge in [-0.2, -0.15) is 0 Å². The minimum Gasteiger partial charge on any atom is -0.312 e. The van der Waals surface area contributed by atoms with Crippen molar-refractivity contribution in [3.05, 3.63) is 36.3 Å². The van der Waals surface area contributed by atoms with Gasteiger partial charge < -0.3 is 4.57 Å². The molecule has 0 N–H and O–H groups in total. The molecule has 0 unspecified atom stereocenters. The molecule has 0 aliphatic carbocycles. The predicted octanol–water partition coefficient (Wildman–Crippen LogP) is 3.45. The highest BCUT2D eigenvalue weighted by Gasteiger charge is 2.14. The molecule has 3 aromatic heterocycles. The van der Waals surface area contributed by atoms with Gasteiger partial charge >= 0.3 is 0 Å². The number of rotatable bonds is 3. The molecule has 0 radical (unpaired) electrons. The Balaban J connectivity index is 2.22. The molecule has 5 heteroatoms. The quantitative estimate of drug-likeness (QED) is 0.691. The van der Waals surface area contributed by atoms with Crippen molar-refractivity contribution in [1.29, 1.82) is 0 Å². The van der Waals surface area contributed by atoms with Crippen molar-refractivity contribution >= 4 is 22.9 Å². The molecule has 0 amide bonds. The van der Waals surface area contributed by atoms with Gasteiger partial charge in [0, 0.05) is 36.1 Å². The molecule has 20 heavy (non-hydrogen) atoms. The van der Waals surface area contributed by atoms with E-state index in [0.717, 1.165) is 38.8 Å². The average Bonchev–Trinajstić information content (AvgIpc) is 2.76. The summed E-state index contributed by atoms with van der Waals surface area (Å²) < 4.78 is 2.05. The van der Waals surface area contributed by atoms with Crippen molar-refractivity contribution in [2.75, 3.05) is 5.75 Å². The van der Waals surface area contributed by atoms with E-state index in [-0.39, 0.29) is 0 Å². The normalized spacial score (nSPS) is 11.2. The molecule has 0 spiro atoms. The van der Waals surface area contributed by atoms with Crippen LogP contribution in [0.2, 0.25) is 0 Å². The SMILES string of the molecule is CCSc1cnccc1-c1nc2cc(C)cnc2n1C. The largest absolute Gasteiger partial charge is 0.312 e. The van der Waals surface area contributed by atoms with Gasteiger partial charge in [-0.15, -0.1) is 11.8 Å². The van der Waals surface area contributed by atoms with E-state index in [0.29, 0.717) is 0 Å². The summed E-state index contributed by atoms with van der Waals surface area (Å²) in [4.78, 5) is 14.6. The number of nitrogens with zero attached hydrogens (tertiary/aromatic N) is 4. The van der Waals surface area contributed by atoms with Crippen LogP contribution in [0.4, 0.5) is 0 Å². The lowest BCUT2D eigenvalue weighted by Gasteiger charge is -2.07. The molecule has 0 aliphatic heterocycles. The highest BCUT2D eigenvalue weighted by Crippen LogP contribution is 2.31. The zero-order valence-electron chi connectivity index (χ0n) is 11.8. The Morgan fingerprint density at radius 1 is 1.30 bits per heavy atom. The third-order valence-corrected chi connectivity index (χ3v) is 4.10. The van der Waals surface area contributed by atoms with E-state index in [1.54, 1.807) is 11.8 Å².